The predicted octanol–water partition coefficient (Wildman–Crippen LogP) is 1.89. The van der Waals surface area contributed by atoms with Crippen molar-refractivity contribution in [1.29, 1.82) is 0 Å². The van der Waals surface area contributed by atoms with Crippen LogP contribution < -0.4 is 20.9 Å². The number of hydrogen-bond acceptors (Lipinski definition) is 4. The Kier molecular flexibility index (Phi) is 3.50. The van der Waals surface area contributed by atoms with Crippen LogP contribution in [0, 0.1) is 6.92 Å². The van der Waals surface area contributed by atoms with Gasteiger partial charge in [-0.15, -0.1) is 0 Å². The lowest BCUT2D eigenvalue weighted by Crippen LogP contribution is -2.36. The van der Waals surface area contributed by atoms with Crippen molar-refractivity contribution in [1.82, 2.24) is 0 Å². The number of aryl methyl sites for hydroxylation is 1. The van der Waals surface area contributed by atoms with Crippen LogP contribution in [-0.2, 0) is 0 Å². The molecule has 0 aliphatic carbocycles. The topological polar surface area (TPSA) is 70.5 Å². The summed E-state index contributed by atoms with van der Waals surface area (Å²) in [5.41, 5.74) is 14.2. The highest BCUT2D eigenvalue weighted by molar-refractivity contribution is 5.48. The number of fused-ring (bicyclic) bond motifs is 1. The number of hydrogen-bond donors (Lipinski definition) is 2. The van der Waals surface area contributed by atoms with Crippen LogP contribution in [0.3, 0.4) is 0 Å². The third-order valence-corrected chi connectivity index (χ3v) is 3.08. The van der Waals surface area contributed by atoms with E-state index in [4.69, 9.17) is 20.9 Å². The number of nitrogens with two attached hydrogens (primary N) is 2. The summed E-state index contributed by atoms with van der Waals surface area (Å²) in [4.78, 5) is 0. The van der Waals surface area contributed by atoms with Crippen LogP contribution in [0.2, 0.25) is 0 Å². The Morgan fingerprint density at radius 3 is 2.33 bits per heavy atom. The van der Waals surface area contributed by atoms with Gasteiger partial charge in [-0.25, -0.2) is 0 Å². The van der Waals surface area contributed by atoms with Crippen molar-refractivity contribution in [2.24, 2.45) is 11.5 Å². The largest absolute Gasteiger partial charge is 0.486 e. The second-order valence-corrected chi connectivity index (χ2v) is 5.65. The Labute approximate surface area is 108 Å². The van der Waals surface area contributed by atoms with E-state index in [1.807, 2.05) is 32.9 Å². The van der Waals surface area contributed by atoms with E-state index in [0.29, 0.717) is 13.2 Å². The Morgan fingerprint density at radius 1 is 1.22 bits per heavy atom. The molecule has 1 unspecified atom stereocenters. The van der Waals surface area contributed by atoms with E-state index in [1.54, 1.807) is 0 Å². The quantitative estimate of drug-likeness (QED) is 0.859. The first kappa shape index (κ1) is 13.2. The molecule has 4 N–H and O–H groups in total. The van der Waals surface area contributed by atoms with Crippen molar-refractivity contribution in [3.05, 3.63) is 23.3 Å². The molecule has 1 aliphatic rings. The van der Waals surface area contributed by atoms with Gasteiger partial charge in [0.15, 0.2) is 11.5 Å². The molecule has 0 saturated carbocycles. The maximum atomic E-state index is 6.24. The monoisotopic (exact) mass is 250 g/mol. The van der Waals surface area contributed by atoms with Gasteiger partial charge in [0.2, 0.25) is 0 Å². The minimum absolute atomic E-state index is 0.0826. The van der Waals surface area contributed by atoms with Gasteiger partial charge in [-0.1, -0.05) is 0 Å². The summed E-state index contributed by atoms with van der Waals surface area (Å²) >= 11 is 0. The van der Waals surface area contributed by atoms with Gasteiger partial charge in [0.05, 0.1) is 0 Å². The summed E-state index contributed by atoms with van der Waals surface area (Å²) in [6.45, 7) is 7.21. The van der Waals surface area contributed by atoms with E-state index >= 15 is 0 Å². The summed E-state index contributed by atoms with van der Waals surface area (Å²) in [5, 5.41) is 0. The van der Waals surface area contributed by atoms with Gasteiger partial charge in [0.1, 0.15) is 13.2 Å². The second-order valence-electron chi connectivity index (χ2n) is 5.65. The normalized spacial score (nSPS) is 16.5. The van der Waals surface area contributed by atoms with E-state index in [0.717, 1.165) is 29.0 Å². The Hall–Kier alpha value is -1.26. The second kappa shape index (κ2) is 4.78. The molecule has 0 amide bonds. The molecular formula is C14H22N2O2. The molecule has 0 saturated heterocycles. The fraction of sp³-hybridized carbons (Fsp3) is 0.571. The van der Waals surface area contributed by atoms with E-state index in [2.05, 4.69) is 0 Å². The summed E-state index contributed by atoms with van der Waals surface area (Å²) in [6, 6.07) is 3.90. The van der Waals surface area contributed by atoms with Crippen LogP contribution in [0.5, 0.6) is 11.5 Å². The molecule has 2 rings (SSSR count). The van der Waals surface area contributed by atoms with E-state index in [1.165, 1.54) is 0 Å². The molecule has 18 heavy (non-hydrogen) atoms. The molecule has 1 aliphatic heterocycles. The summed E-state index contributed by atoms with van der Waals surface area (Å²) in [6.07, 6.45) is 0.730. The molecule has 4 heteroatoms. The van der Waals surface area contributed by atoms with Crippen LogP contribution in [-0.4, -0.2) is 18.8 Å². The molecule has 1 atom stereocenters. The summed E-state index contributed by atoms with van der Waals surface area (Å²) in [5.74, 6) is 1.59. The van der Waals surface area contributed by atoms with Crippen molar-refractivity contribution in [3.8, 4) is 11.5 Å². The van der Waals surface area contributed by atoms with Crippen LogP contribution in [0.4, 0.5) is 0 Å². The van der Waals surface area contributed by atoms with Gasteiger partial charge < -0.3 is 20.9 Å². The lowest BCUT2D eigenvalue weighted by Gasteiger charge is -2.26. The Morgan fingerprint density at radius 2 is 1.78 bits per heavy atom. The molecule has 1 aromatic carbocycles. The number of benzene rings is 1. The minimum atomic E-state index is -0.279. The third kappa shape index (κ3) is 2.94. The molecule has 0 radical (unpaired) electrons. The maximum absolute atomic E-state index is 6.24. The highest BCUT2D eigenvalue weighted by Crippen LogP contribution is 2.35. The SMILES string of the molecule is Cc1cc2c(cc1C(N)CC(C)(C)N)OCCO2. The van der Waals surface area contributed by atoms with Crippen LogP contribution in [0.1, 0.15) is 37.4 Å². The van der Waals surface area contributed by atoms with Gasteiger partial charge in [-0.3, -0.25) is 0 Å². The lowest BCUT2D eigenvalue weighted by molar-refractivity contribution is 0.171. The minimum Gasteiger partial charge on any atom is -0.486 e. The molecule has 1 aromatic rings. The number of ether oxygens (including phenoxy) is 2. The first-order valence-electron chi connectivity index (χ1n) is 6.31. The number of rotatable bonds is 3. The van der Waals surface area contributed by atoms with E-state index < -0.39 is 0 Å². The highest BCUT2D eigenvalue weighted by Gasteiger charge is 2.21. The van der Waals surface area contributed by atoms with Gasteiger partial charge >= 0.3 is 0 Å². The smallest absolute Gasteiger partial charge is 0.161 e. The zero-order chi connectivity index (χ0) is 13.3. The first-order chi connectivity index (χ1) is 8.37. The van der Waals surface area contributed by atoms with Crippen LogP contribution in [0.25, 0.3) is 0 Å². The van der Waals surface area contributed by atoms with E-state index in [9.17, 15) is 0 Å². The molecule has 1 heterocycles. The van der Waals surface area contributed by atoms with Crippen molar-refractivity contribution in [3.63, 3.8) is 0 Å². The lowest BCUT2D eigenvalue weighted by atomic mass is 9.90. The molecule has 4 nitrogen and oxygen atoms in total. The zero-order valence-corrected chi connectivity index (χ0v) is 11.3. The predicted molar refractivity (Wildman–Crippen MR) is 72.0 cm³/mol. The molecule has 100 valence electrons. The van der Waals surface area contributed by atoms with Crippen LogP contribution >= 0.6 is 0 Å². The average Bonchev–Trinajstić information content (AvgIpc) is 2.25. The first-order valence-corrected chi connectivity index (χ1v) is 6.31. The van der Waals surface area contributed by atoms with Crippen molar-refractivity contribution in [2.45, 2.75) is 38.8 Å². The fourth-order valence-corrected chi connectivity index (χ4v) is 2.28. The summed E-state index contributed by atoms with van der Waals surface area (Å²) in [7, 11) is 0. The average molecular weight is 250 g/mol. The van der Waals surface area contributed by atoms with Crippen molar-refractivity contribution >= 4 is 0 Å². The van der Waals surface area contributed by atoms with Crippen LogP contribution in [0.15, 0.2) is 12.1 Å². The Bertz CT molecular complexity index is 438. The van der Waals surface area contributed by atoms with Crippen molar-refractivity contribution < 1.29 is 9.47 Å². The molecular weight excluding hydrogens is 228 g/mol. The third-order valence-electron chi connectivity index (χ3n) is 3.08. The summed E-state index contributed by atoms with van der Waals surface area (Å²) < 4.78 is 11.1. The maximum Gasteiger partial charge on any atom is 0.161 e. The van der Waals surface area contributed by atoms with Crippen molar-refractivity contribution in [2.75, 3.05) is 13.2 Å². The van der Waals surface area contributed by atoms with Gasteiger partial charge in [-0.2, -0.15) is 0 Å². The Balaban J connectivity index is 2.27. The fourth-order valence-electron chi connectivity index (χ4n) is 2.28. The molecule has 0 spiro atoms. The van der Waals surface area contributed by atoms with Gasteiger partial charge in [-0.05, 0) is 50.5 Å². The standard InChI is InChI=1S/C14H22N2O2/c1-9-6-12-13(18-5-4-17-12)7-10(9)11(15)8-14(2,3)16/h6-7,11H,4-5,8,15-16H2,1-3H3. The molecule has 0 fully saturated rings. The molecule has 0 bridgehead atoms. The van der Waals surface area contributed by atoms with Gasteiger partial charge in [0, 0.05) is 11.6 Å². The van der Waals surface area contributed by atoms with Gasteiger partial charge in [0.25, 0.3) is 0 Å². The zero-order valence-electron chi connectivity index (χ0n) is 11.3. The molecule has 0 aromatic heterocycles. The van der Waals surface area contributed by atoms with E-state index in [-0.39, 0.29) is 11.6 Å². The highest BCUT2D eigenvalue weighted by atomic mass is 16.6.